The highest BCUT2D eigenvalue weighted by Crippen LogP contribution is 2.30. The second-order valence-corrected chi connectivity index (χ2v) is 6.54. The van der Waals surface area contributed by atoms with Gasteiger partial charge in [-0.15, -0.1) is 0 Å². The maximum Gasteiger partial charge on any atom is 0.256 e. The maximum atomic E-state index is 12.7. The van der Waals surface area contributed by atoms with E-state index < -0.39 is 6.10 Å². The van der Waals surface area contributed by atoms with E-state index >= 15 is 0 Å². The number of hydrogen-bond donors (Lipinski definition) is 1. The maximum absolute atomic E-state index is 12.7. The molecule has 1 aliphatic carbocycles. The van der Waals surface area contributed by atoms with Gasteiger partial charge in [0.1, 0.15) is 0 Å². The summed E-state index contributed by atoms with van der Waals surface area (Å²) in [6.45, 7) is 2.84. The summed E-state index contributed by atoms with van der Waals surface area (Å²) in [5, 5.41) is 10.4. The van der Waals surface area contributed by atoms with Crippen molar-refractivity contribution in [1.29, 1.82) is 0 Å². The molecular weight excluding hydrogens is 292 g/mol. The molecule has 1 N–H and O–H groups in total. The van der Waals surface area contributed by atoms with Gasteiger partial charge in [0.2, 0.25) is 5.91 Å². The third-order valence-electron chi connectivity index (χ3n) is 4.81. The first-order chi connectivity index (χ1) is 11.1. The molecule has 5 nitrogen and oxygen atoms in total. The van der Waals surface area contributed by atoms with E-state index in [-0.39, 0.29) is 17.9 Å². The minimum Gasteiger partial charge on any atom is -0.378 e. The first-order valence-electron chi connectivity index (χ1n) is 8.38. The number of aliphatic hydroxyl groups is 1. The van der Waals surface area contributed by atoms with Crippen molar-refractivity contribution in [3.8, 4) is 0 Å². The number of carbonyl (C=O) groups excluding carboxylic acids is 2. The van der Waals surface area contributed by atoms with E-state index in [0.717, 1.165) is 25.7 Å². The Morgan fingerprint density at radius 1 is 1.26 bits per heavy atom. The molecule has 0 radical (unpaired) electrons. The fraction of sp³-hybridized carbons (Fsp3) is 0.556. The van der Waals surface area contributed by atoms with Crippen LogP contribution < -0.4 is 0 Å². The second kappa shape index (κ2) is 6.71. The molecule has 1 saturated carbocycles. The molecule has 1 aliphatic heterocycles. The number of rotatable bonds is 5. The highest BCUT2D eigenvalue weighted by atomic mass is 16.3. The fourth-order valence-electron chi connectivity index (χ4n) is 3.40. The highest BCUT2D eigenvalue weighted by molar-refractivity contribution is 5.82. The summed E-state index contributed by atoms with van der Waals surface area (Å²) in [5.41, 5.74) is 0.619. The van der Waals surface area contributed by atoms with Crippen molar-refractivity contribution in [3.05, 3.63) is 35.9 Å². The van der Waals surface area contributed by atoms with E-state index in [0.29, 0.717) is 24.7 Å². The SMILES string of the molecule is CC(=O)N(C[C@H]1CCCN1C(=O)[C@H](O)c1ccccc1)C1CC1. The van der Waals surface area contributed by atoms with E-state index in [1.807, 2.05) is 23.1 Å². The lowest BCUT2D eigenvalue weighted by atomic mass is 10.1. The van der Waals surface area contributed by atoms with Crippen LogP contribution in [0.5, 0.6) is 0 Å². The van der Waals surface area contributed by atoms with Gasteiger partial charge in [0, 0.05) is 32.1 Å². The summed E-state index contributed by atoms with van der Waals surface area (Å²) < 4.78 is 0. The molecule has 1 aromatic carbocycles. The number of aliphatic hydroxyl groups excluding tert-OH is 1. The molecule has 2 amide bonds. The zero-order valence-corrected chi connectivity index (χ0v) is 13.5. The molecule has 3 rings (SSSR count). The summed E-state index contributed by atoms with van der Waals surface area (Å²) in [4.78, 5) is 28.1. The summed E-state index contributed by atoms with van der Waals surface area (Å²) >= 11 is 0. The van der Waals surface area contributed by atoms with Crippen LogP contribution in [0.25, 0.3) is 0 Å². The lowest BCUT2D eigenvalue weighted by Crippen LogP contribution is -2.46. The minimum absolute atomic E-state index is 0.0189. The summed E-state index contributed by atoms with van der Waals surface area (Å²) in [5.74, 6) is -0.173. The molecule has 0 spiro atoms. The van der Waals surface area contributed by atoms with E-state index in [9.17, 15) is 14.7 Å². The van der Waals surface area contributed by atoms with Crippen molar-refractivity contribution in [3.63, 3.8) is 0 Å². The Bertz CT molecular complexity index is 571. The van der Waals surface area contributed by atoms with E-state index in [2.05, 4.69) is 0 Å². The van der Waals surface area contributed by atoms with Gasteiger partial charge in [0.15, 0.2) is 6.10 Å². The van der Waals surface area contributed by atoms with Crippen LogP contribution in [-0.2, 0) is 9.59 Å². The minimum atomic E-state index is -1.12. The number of carbonyl (C=O) groups is 2. The van der Waals surface area contributed by atoms with Crippen LogP contribution >= 0.6 is 0 Å². The fourth-order valence-corrected chi connectivity index (χ4v) is 3.40. The Balaban J connectivity index is 1.68. The monoisotopic (exact) mass is 316 g/mol. The van der Waals surface area contributed by atoms with Gasteiger partial charge in [-0.2, -0.15) is 0 Å². The van der Waals surface area contributed by atoms with Gasteiger partial charge in [0.05, 0.1) is 0 Å². The van der Waals surface area contributed by atoms with Crippen LogP contribution in [0, 0.1) is 0 Å². The van der Waals surface area contributed by atoms with Crippen molar-refractivity contribution in [2.45, 2.75) is 50.8 Å². The van der Waals surface area contributed by atoms with Gasteiger partial charge in [-0.05, 0) is 31.2 Å². The number of nitrogens with zero attached hydrogens (tertiary/aromatic N) is 2. The quantitative estimate of drug-likeness (QED) is 0.900. The molecule has 2 atom stereocenters. The summed E-state index contributed by atoms with van der Waals surface area (Å²) in [6.07, 6.45) is 2.82. The van der Waals surface area contributed by atoms with Gasteiger partial charge in [-0.25, -0.2) is 0 Å². The van der Waals surface area contributed by atoms with E-state index in [1.54, 1.807) is 24.0 Å². The van der Waals surface area contributed by atoms with Crippen LogP contribution in [0.2, 0.25) is 0 Å². The van der Waals surface area contributed by atoms with E-state index in [4.69, 9.17) is 0 Å². The highest BCUT2D eigenvalue weighted by Gasteiger charge is 2.38. The second-order valence-electron chi connectivity index (χ2n) is 6.54. The van der Waals surface area contributed by atoms with Crippen molar-refractivity contribution in [2.75, 3.05) is 13.1 Å². The smallest absolute Gasteiger partial charge is 0.256 e. The number of likely N-dealkylation sites (tertiary alicyclic amines) is 1. The predicted molar refractivity (Wildman–Crippen MR) is 86.5 cm³/mol. The Kier molecular flexibility index (Phi) is 4.66. The van der Waals surface area contributed by atoms with Crippen LogP contribution in [-0.4, -0.2) is 51.9 Å². The molecule has 2 fully saturated rings. The average Bonchev–Trinajstić information content (AvgIpc) is 3.29. The molecule has 0 aromatic heterocycles. The molecular formula is C18H24N2O3. The average molecular weight is 316 g/mol. The van der Waals surface area contributed by atoms with Crippen molar-refractivity contribution >= 4 is 11.8 Å². The third kappa shape index (κ3) is 3.55. The molecule has 124 valence electrons. The van der Waals surface area contributed by atoms with Crippen molar-refractivity contribution in [2.24, 2.45) is 0 Å². The van der Waals surface area contributed by atoms with Crippen molar-refractivity contribution < 1.29 is 14.7 Å². The predicted octanol–water partition coefficient (Wildman–Crippen LogP) is 1.72. The molecule has 0 unspecified atom stereocenters. The molecule has 1 saturated heterocycles. The standard InChI is InChI=1S/C18H24N2O3/c1-13(21)20(15-9-10-15)12-16-8-5-11-19(16)18(23)17(22)14-6-3-2-4-7-14/h2-4,6-7,15-17,22H,5,8-12H2,1H3/t16-,17-/m1/s1. The van der Waals surface area contributed by atoms with Crippen LogP contribution in [0.3, 0.4) is 0 Å². The van der Waals surface area contributed by atoms with Crippen LogP contribution in [0.1, 0.15) is 44.3 Å². The Morgan fingerprint density at radius 2 is 1.96 bits per heavy atom. The lowest BCUT2D eigenvalue weighted by Gasteiger charge is -2.31. The number of benzene rings is 1. The van der Waals surface area contributed by atoms with Gasteiger partial charge in [-0.1, -0.05) is 30.3 Å². The van der Waals surface area contributed by atoms with E-state index in [1.165, 1.54) is 0 Å². The number of amides is 2. The number of hydrogen-bond acceptors (Lipinski definition) is 3. The lowest BCUT2D eigenvalue weighted by molar-refractivity contribution is -0.143. The molecule has 0 bridgehead atoms. The zero-order chi connectivity index (χ0) is 16.4. The van der Waals surface area contributed by atoms with Crippen LogP contribution in [0.15, 0.2) is 30.3 Å². The zero-order valence-electron chi connectivity index (χ0n) is 13.5. The summed E-state index contributed by atoms with van der Waals surface area (Å²) in [6, 6.07) is 9.39. The van der Waals surface area contributed by atoms with Crippen LogP contribution in [0.4, 0.5) is 0 Å². The first-order valence-corrected chi connectivity index (χ1v) is 8.38. The van der Waals surface area contributed by atoms with Gasteiger partial charge >= 0.3 is 0 Å². The molecule has 23 heavy (non-hydrogen) atoms. The third-order valence-corrected chi connectivity index (χ3v) is 4.81. The largest absolute Gasteiger partial charge is 0.378 e. The Labute approximate surface area is 136 Å². The Hall–Kier alpha value is -1.88. The van der Waals surface area contributed by atoms with Gasteiger partial charge in [-0.3, -0.25) is 9.59 Å². The first kappa shape index (κ1) is 16.0. The Morgan fingerprint density at radius 3 is 2.57 bits per heavy atom. The molecule has 2 aliphatic rings. The summed E-state index contributed by atoms with van der Waals surface area (Å²) in [7, 11) is 0. The van der Waals surface area contributed by atoms with Gasteiger partial charge < -0.3 is 14.9 Å². The normalized spacial score (nSPS) is 22.0. The van der Waals surface area contributed by atoms with Crippen molar-refractivity contribution in [1.82, 2.24) is 9.80 Å². The molecule has 5 heteroatoms. The topological polar surface area (TPSA) is 60.9 Å². The molecule has 1 aromatic rings. The van der Waals surface area contributed by atoms with Gasteiger partial charge in [0.25, 0.3) is 5.91 Å². The molecule has 1 heterocycles.